The van der Waals surface area contributed by atoms with Crippen LogP contribution in [0.3, 0.4) is 0 Å². The van der Waals surface area contributed by atoms with E-state index in [9.17, 15) is 5.11 Å². The van der Waals surface area contributed by atoms with E-state index in [1.165, 1.54) is 6.26 Å². The van der Waals surface area contributed by atoms with Gasteiger partial charge in [-0.1, -0.05) is 0 Å². The minimum absolute atomic E-state index is 0.246. The van der Waals surface area contributed by atoms with Crippen LogP contribution in [0.4, 0.5) is 5.82 Å². The van der Waals surface area contributed by atoms with Crippen molar-refractivity contribution in [1.29, 1.82) is 0 Å². The summed E-state index contributed by atoms with van der Waals surface area (Å²) in [6.45, 7) is 5.82. The number of hydrogen-bond acceptors (Lipinski definition) is 6. The molecule has 7 heteroatoms. The number of aromatic nitrogens is 4. The predicted molar refractivity (Wildman–Crippen MR) is 85.4 cm³/mol. The van der Waals surface area contributed by atoms with Crippen molar-refractivity contribution in [3.63, 3.8) is 0 Å². The first-order valence-electron chi connectivity index (χ1n) is 7.32. The Labute approximate surface area is 134 Å². The fourth-order valence-electron chi connectivity index (χ4n) is 2.34. The summed E-state index contributed by atoms with van der Waals surface area (Å²) in [7, 11) is 0. The molecule has 2 N–H and O–H groups in total. The van der Waals surface area contributed by atoms with Gasteiger partial charge in [0.2, 0.25) is 0 Å². The minimum atomic E-state index is -1.14. The van der Waals surface area contributed by atoms with Crippen LogP contribution in [0.25, 0.3) is 5.82 Å². The molecule has 3 heterocycles. The fourth-order valence-corrected chi connectivity index (χ4v) is 2.34. The minimum Gasteiger partial charge on any atom is -0.466 e. The maximum absolute atomic E-state index is 10.4. The molecular weight excluding hydrogens is 294 g/mol. The fraction of sp³-hybridized carbons (Fsp3) is 0.312. The summed E-state index contributed by atoms with van der Waals surface area (Å²) in [6.07, 6.45) is 4.79. The molecule has 0 saturated carbocycles. The summed E-state index contributed by atoms with van der Waals surface area (Å²) in [4.78, 5) is 8.67. The van der Waals surface area contributed by atoms with Crippen molar-refractivity contribution in [2.75, 3.05) is 11.9 Å². The van der Waals surface area contributed by atoms with E-state index in [1.807, 2.05) is 19.9 Å². The average molecular weight is 313 g/mol. The van der Waals surface area contributed by atoms with Gasteiger partial charge in [0, 0.05) is 5.69 Å². The second-order valence-electron chi connectivity index (χ2n) is 5.71. The molecule has 0 amide bonds. The molecule has 120 valence electrons. The van der Waals surface area contributed by atoms with Gasteiger partial charge in [-0.25, -0.2) is 9.67 Å². The van der Waals surface area contributed by atoms with Crippen LogP contribution in [0.5, 0.6) is 0 Å². The lowest BCUT2D eigenvalue weighted by molar-refractivity contribution is 0.0476. The van der Waals surface area contributed by atoms with Crippen LogP contribution in [0, 0.1) is 13.8 Å². The van der Waals surface area contributed by atoms with Gasteiger partial charge in [0.1, 0.15) is 17.2 Å². The predicted octanol–water partition coefficient (Wildman–Crippen LogP) is 2.19. The van der Waals surface area contributed by atoms with Crippen molar-refractivity contribution in [2.45, 2.75) is 26.4 Å². The molecule has 0 aliphatic rings. The largest absolute Gasteiger partial charge is 0.466 e. The van der Waals surface area contributed by atoms with E-state index in [0.29, 0.717) is 17.4 Å². The van der Waals surface area contributed by atoms with E-state index < -0.39 is 5.60 Å². The highest BCUT2D eigenvalue weighted by atomic mass is 16.4. The average Bonchev–Trinajstić information content (AvgIpc) is 3.16. The maximum Gasteiger partial charge on any atom is 0.174 e. The van der Waals surface area contributed by atoms with Gasteiger partial charge < -0.3 is 14.8 Å². The lowest BCUT2D eigenvalue weighted by Gasteiger charge is -2.21. The number of aryl methyl sites for hydroxylation is 2. The monoisotopic (exact) mass is 313 g/mol. The Balaban J connectivity index is 1.77. The number of nitrogens with zero attached hydrogens (tertiary/aromatic N) is 4. The molecule has 7 nitrogen and oxygen atoms in total. The molecule has 3 rings (SSSR count). The zero-order valence-corrected chi connectivity index (χ0v) is 13.3. The third kappa shape index (κ3) is 3.24. The summed E-state index contributed by atoms with van der Waals surface area (Å²) >= 11 is 0. The molecule has 1 unspecified atom stereocenters. The molecule has 0 aliphatic heterocycles. The van der Waals surface area contributed by atoms with Crippen LogP contribution in [0.1, 0.15) is 24.1 Å². The first-order valence-corrected chi connectivity index (χ1v) is 7.32. The van der Waals surface area contributed by atoms with Gasteiger partial charge in [0.25, 0.3) is 0 Å². The first kappa shape index (κ1) is 15.2. The van der Waals surface area contributed by atoms with Gasteiger partial charge in [-0.15, -0.1) is 0 Å². The zero-order valence-electron chi connectivity index (χ0n) is 13.3. The Morgan fingerprint density at radius 1 is 1.35 bits per heavy atom. The molecule has 0 aliphatic carbocycles. The zero-order chi connectivity index (χ0) is 16.4. The second kappa shape index (κ2) is 5.85. The smallest absolute Gasteiger partial charge is 0.174 e. The molecule has 3 aromatic rings. The SMILES string of the molecule is Cc1cc(C)n(-c2cncc(NCC(C)(O)c3ccco3)n2)n1. The Morgan fingerprint density at radius 3 is 2.83 bits per heavy atom. The number of anilines is 1. The van der Waals surface area contributed by atoms with Crippen LogP contribution in [0.15, 0.2) is 41.3 Å². The molecule has 23 heavy (non-hydrogen) atoms. The van der Waals surface area contributed by atoms with E-state index in [0.717, 1.165) is 11.4 Å². The van der Waals surface area contributed by atoms with E-state index in [4.69, 9.17) is 4.42 Å². The molecule has 0 radical (unpaired) electrons. The Kier molecular flexibility index (Phi) is 3.87. The van der Waals surface area contributed by atoms with Crippen molar-refractivity contribution in [1.82, 2.24) is 19.7 Å². The Morgan fingerprint density at radius 2 is 2.17 bits per heavy atom. The van der Waals surface area contributed by atoms with Gasteiger partial charge in [0.05, 0.1) is 30.9 Å². The topological polar surface area (TPSA) is 89.0 Å². The van der Waals surface area contributed by atoms with Gasteiger partial charge in [-0.05, 0) is 39.0 Å². The summed E-state index contributed by atoms with van der Waals surface area (Å²) in [5.41, 5.74) is 0.763. The molecule has 0 saturated heterocycles. The summed E-state index contributed by atoms with van der Waals surface area (Å²) < 4.78 is 6.99. The van der Waals surface area contributed by atoms with Crippen molar-refractivity contribution >= 4 is 5.82 Å². The number of rotatable bonds is 5. The number of aliphatic hydroxyl groups is 1. The lowest BCUT2D eigenvalue weighted by atomic mass is 10.0. The van der Waals surface area contributed by atoms with E-state index in [1.54, 1.807) is 36.1 Å². The van der Waals surface area contributed by atoms with E-state index in [2.05, 4.69) is 20.4 Å². The highest BCUT2D eigenvalue weighted by Crippen LogP contribution is 2.21. The van der Waals surface area contributed by atoms with Gasteiger partial charge in [-0.2, -0.15) is 5.10 Å². The van der Waals surface area contributed by atoms with Crippen LogP contribution in [-0.4, -0.2) is 31.4 Å². The quantitative estimate of drug-likeness (QED) is 0.750. The van der Waals surface area contributed by atoms with Crippen LogP contribution < -0.4 is 5.32 Å². The van der Waals surface area contributed by atoms with Crippen LogP contribution >= 0.6 is 0 Å². The lowest BCUT2D eigenvalue weighted by Crippen LogP contribution is -2.30. The number of nitrogens with one attached hydrogen (secondary N) is 1. The maximum atomic E-state index is 10.4. The van der Waals surface area contributed by atoms with Crippen molar-refractivity contribution in [2.24, 2.45) is 0 Å². The second-order valence-corrected chi connectivity index (χ2v) is 5.71. The molecule has 1 atom stereocenters. The van der Waals surface area contributed by atoms with Gasteiger partial charge in [0.15, 0.2) is 5.82 Å². The van der Waals surface area contributed by atoms with Crippen LogP contribution in [0.2, 0.25) is 0 Å². The number of hydrogen-bond donors (Lipinski definition) is 2. The van der Waals surface area contributed by atoms with E-state index in [-0.39, 0.29) is 6.54 Å². The normalized spacial score (nSPS) is 13.7. The molecule has 3 aromatic heterocycles. The molecule has 0 bridgehead atoms. The Bertz CT molecular complexity index is 793. The molecular formula is C16H19N5O2. The number of furan rings is 1. The highest BCUT2D eigenvalue weighted by Gasteiger charge is 2.26. The first-order chi connectivity index (χ1) is 11.0. The van der Waals surface area contributed by atoms with E-state index >= 15 is 0 Å². The van der Waals surface area contributed by atoms with Crippen molar-refractivity contribution in [3.8, 4) is 5.82 Å². The summed E-state index contributed by atoms with van der Waals surface area (Å²) in [5.74, 6) is 1.67. The van der Waals surface area contributed by atoms with Gasteiger partial charge in [-0.3, -0.25) is 4.98 Å². The molecule has 0 aromatic carbocycles. The molecule has 0 spiro atoms. The van der Waals surface area contributed by atoms with Gasteiger partial charge >= 0.3 is 0 Å². The standard InChI is InChI=1S/C16H19N5O2/c1-11-7-12(2)21(20-11)15-9-17-8-14(19-15)18-10-16(3,22)13-5-4-6-23-13/h4-9,22H,10H2,1-3H3,(H,18,19). The highest BCUT2D eigenvalue weighted by molar-refractivity contribution is 5.37. The summed E-state index contributed by atoms with van der Waals surface area (Å²) in [6, 6.07) is 5.45. The third-order valence-electron chi connectivity index (χ3n) is 3.51. The Hall–Kier alpha value is -2.67. The molecule has 0 fully saturated rings. The summed E-state index contributed by atoms with van der Waals surface area (Å²) in [5, 5.41) is 17.9. The van der Waals surface area contributed by atoms with Crippen molar-refractivity contribution < 1.29 is 9.52 Å². The van der Waals surface area contributed by atoms with Crippen LogP contribution in [-0.2, 0) is 5.60 Å². The third-order valence-corrected chi connectivity index (χ3v) is 3.51. The van der Waals surface area contributed by atoms with Crippen molar-refractivity contribution in [3.05, 3.63) is 54.0 Å².